The number of amides is 1. The summed E-state index contributed by atoms with van der Waals surface area (Å²) in [5.41, 5.74) is 1.38. The molecule has 2 aromatic carbocycles. The molecule has 0 bridgehead atoms. The van der Waals surface area contributed by atoms with Crippen LogP contribution >= 0.6 is 0 Å². The van der Waals surface area contributed by atoms with E-state index >= 15 is 0 Å². The molecule has 1 atom stereocenters. The molecule has 0 aliphatic heterocycles. The average Bonchev–Trinajstić information content (AvgIpc) is 2.70. The molecule has 152 valence electrons. The highest BCUT2D eigenvalue weighted by molar-refractivity contribution is 7.90. The van der Waals surface area contributed by atoms with Crippen molar-refractivity contribution >= 4 is 15.7 Å². The predicted molar refractivity (Wildman–Crippen MR) is 111 cm³/mol. The standard InChI is InChI=1S/C21H28N2O4S/c1-5-23(6-2)20(16-9-7-11-18(13-16)27-3)15-22-21(24)17-10-8-12-19(14-17)28(4,25)26/h7-14,20H,5-6,15H2,1-4H3,(H,22,24). The number of nitrogens with zero attached hydrogens (tertiary/aromatic N) is 1. The van der Waals surface area contributed by atoms with Crippen molar-refractivity contribution in [3.8, 4) is 5.75 Å². The zero-order valence-corrected chi connectivity index (χ0v) is 17.6. The van der Waals surface area contributed by atoms with E-state index in [1.165, 1.54) is 12.1 Å². The summed E-state index contributed by atoms with van der Waals surface area (Å²) in [7, 11) is -1.74. The van der Waals surface area contributed by atoms with Crippen LogP contribution in [0.4, 0.5) is 0 Å². The van der Waals surface area contributed by atoms with Gasteiger partial charge in [-0.05, 0) is 49.0 Å². The molecule has 0 spiro atoms. The molecule has 2 aromatic rings. The number of carbonyl (C=O) groups is 1. The van der Waals surface area contributed by atoms with E-state index in [0.717, 1.165) is 30.7 Å². The lowest BCUT2D eigenvalue weighted by Gasteiger charge is -2.30. The van der Waals surface area contributed by atoms with Gasteiger partial charge in [-0.15, -0.1) is 0 Å². The second-order valence-electron chi connectivity index (χ2n) is 6.52. The third kappa shape index (κ3) is 5.56. The number of hydrogen-bond acceptors (Lipinski definition) is 5. The van der Waals surface area contributed by atoms with Crippen LogP contribution in [0.15, 0.2) is 53.4 Å². The van der Waals surface area contributed by atoms with Gasteiger partial charge in [-0.2, -0.15) is 0 Å². The molecule has 28 heavy (non-hydrogen) atoms. The van der Waals surface area contributed by atoms with Crippen molar-refractivity contribution in [1.29, 1.82) is 0 Å². The average molecular weight is 405 g/mol. The molecule has 0 saturated heterocycles. The first-order valence-electron chi connectivity index (χ1n) is 9.26. The molecule has 0 aliphatic rings. The van der Waals surface area contributed by atoms with Crippen LogP contribution < -0.4 is 10.1 Å². The fraction of sp³-hybridized carbons (Fsp3) is 0.381. The maximum Gasteiger partial charge on any atom is 0.251 e. The molecule has 1 N–H and O–H groups in total. The van der Waals surface area contributed by atoms with Crippen LogP contribution in [-0.4, -0.2) is 52.2 Å². The Bertz CT molecular complexity index is 908. The minimum Gasteiger partial charge on any atom is -0.497 e. The van der Waals surface area contributed by atoms with E-state index in [1.54, 1.807) is 19.2 Å². The number of ether oxygens (including phenoxy) is 1. The lowest BCUT2D eigenvalue weighted by Crippen LogP contribution is -2.38. The van der Waals surface area contributed by atoms with Gasteiger partial charge >= 0.3 is 0 Å². The van der Waals surface area contributed by atoms with Gasteiger partial charge in [0.2, 0.25) is 0 Å². The molecule has 1 unspecified atom stereocenters. The Hall–Kier alpha value is -2.38. The Morgan fingerprint density at radius 1 is 1.11 bits per heavy atom. The fourth-order valence-electron chi connectivity index (χ4n) is 3.13. The Balaban J connectivity index is 2.22. The van der Waals surface area contributed by atoms with Gasteiger partial charge in [0.05, 0.1) is 18.0 Å². The molecule has 7 heteroatoms. The zero-order chi connectivity index (χ0) is 20.7. The highest BCUT2D eigenvalue weighted by Gasteiger charge is 2.20. The van der Waals surface area contributed by atoms with Gasteiger partial charge in [-0.25, -0.2) is 8.42 Å². The molecule has 6 nitrogen and oxygen atoms in total. The molecule has 0 aromatic heterocycles. The van der Waals surface area contributed by atoms with Gasteiger partial charge in [0.1, 0.15) is 5.75 Å². The first kappa shape index (κ1) is 21.9. The number of carbonyl (C=O) groups excluding carboxylic acids is 1. The third-order valence-electron chi connectivity index (χ3n) is 4.71. The molecular formula is C21H28N2O4S. The summed E-state index contributed by atoms with van der Waals surface area (Å²) in [6.45, 7) is 6.22. The summed E-state index contributed by atoms with van der Waals surface area (Å²) in [4.78, 5) is 15.0. The molecule has 0 aliphatic carbocycles. The van der Waals surface area contributed by atoms with E-state index in [2.05, 4.69) is 24.1 Å². The number of sulfone groups is 1. The van der Waals surface area contributed by atoms with Crippen molar-refractivity contribution in [2.45, 2.75) is 24.8 Å². The van der Waals surface area contributed by atoms with Crippen molar-refractivity contribution in [3.05, 3.63) is 59.7 Å². The molecule has 0 fully saturated rings. The second-order valence-corrected chi connectivity index (χ2v) is 8.54. The third-order valence-corrected chi connectivity index (χ3v) is 5.82. The smallest absolute Gasteiger partial charge is 0.251 e. The molecular weight excluding hydrogens is 376 g/mol. The molecule has 2 rings (SSSR count). The van der Waals surface area contributed by atoms with Crippen LogP contribution in [-0.2, 0) is 9.84 Å². The van der Waals surface area contributed by atoms with Crippen molar-refractivity contribution in [2.24, 2.45) is 0 Å². The Labute approximate surface area is 167 Å². The van der Waals surface area contributed by atoms with Gasteiger partial charge in [0.15, 0.2) is 9.84 Å². The van der Waals surface area contributed by atoms with E-state index in [0.29, 0.717) is 12.1 Å². The van der Waals surface area contributed by atoms with E-state index in [1.807, 2.05) is 24.3 Å². The van der Waals surface area contributed by atoms with Gasteiger partial charge in [0, 0.05) is 18.4 Å². The zero-order valence-electron chi connectivity index (χ0n) is 16.8. The Morgan fingerprint density at radius 2 is 1.79 bits per heavy atom. The first-order valence-corrected chi connectivity index (χ1v) is 11.2. The van der Waals surface area contributed by atoms with Crippen LogP contribution in [0.1, 0.15) is 35.8 Å². The number of likely N-dealkylation sites (N-methyl/N-ethyl adjacent to an activating group) is 1. The van der Waals surface area contributed by atoms with Crippen LogP contribution in [0, 0.1) is 0 Å². The van der Waals surface area contributed by atoms with Crippen molar-refractivity contribution in [2.75, 3.05) is 33.0 Å². The van der Waals surface area contributed by atoms with E-state index in [4.69, 9.17) is 4.74 Å². The van der Waals surface area contributed by atoms with Crippen molar-refractivity contribution < 1.29 is 17.9 Å². The predicted octanol–water partition coefficient (Wildman–Crippen LogP) is 2.91. The summed E-state index contributed by atoms with van der Waals surface area (Å²) < 4.78 is 28.8. The largest absolute Gasteiger partial charge is 0.497 e. The number of hydrogen-bond donors (Lipinski definition) is 1. The molecule has 0 radical (unpaired) electrons. The lowest BCUT2D eigenvalue weighted by molar-refractivity contribution is 0.0934. The van der Waals surface area contributed by atoms with E-state index in [9.17, 15) is 13.2 Å². The summed E-state index contributed by atoms with van der Waals surface area (Å²) in [6, 6.07) is 13.9. The van der Waals surface area contributed by atoms with Gasteiger partial charge in [-0.3, -0.25) is 9.69 Å². The Kier molecular flexibility index (Phi) is 7.60. The number of benzene rings is 2. The minimum atomic E-state index is -3.36. The van der Waals surface area contributed by atoms with Crippen LogP contribution in [0.3, 0.4) is 0 Å². The SMILES string of the molecule is CCN(CC)C(CNC(=O)c1cccc(S(C)(=O)=O)c1)c1cccc(OC)c1. The van der Waals surface area contributed by atoms with Crippen LogP contribution in [0.25, 0.3) is 0 Å². The van der Waals surface area contributed by atoms with Crippen LogP contribution in [0.2, 0.25) is 0 Å². The minimum absolute atomic E-state index is 0.0212. The highest BCUT2D eigenvalue weighted by Crippen LogP contribution is 2.24. The van der Waals surface area contributed by atoms with E-state index in [-0.39, 0.29) is 16.8 Å². The summed E-state index contributed by atoms with van der Waals surface area (Å²) in [5.74, 6) is 0.465. The first-order chi connectivity index (χ1) is 13.3. The quantitative estimate of drug-likeness (QED) is 0.695. The van der Waals surface area contributed by atoms with Gasteiger partial charge in [-0.1, -0.05) is 32.0 Å². The van der Waals surface area contributed by atoms with Crippen LogP contribution in [0.5, 0.6) is 5.75 Å². The molecule has 0 heterocycles. The van der Waals surface area contributed by atoms with Crippen molar-refractivity contribution in [1.82, 2.24) is 10.2 Å². The number of nitrogens with one attached hydrogen (secondary N) is 1. The summed E-state index contributed by atoms with van der Waals surface area (Å²) in [5, 5.41) is 2.95. The fourth-order valence-corrected chi connectivity index (χ4v) is 3.80. The second kappa shape index (κ2) is 9.71. The number of rotatable bonds is 9. The summed E-state index contributed by atoms with van der Waals surface area (Å²) in [6.07, 6.45) is 1.13. The highest BCUT2D eigenvalue weighted by atomic mass is 32.2. The maximum absolute atomic E-state index is 12.6. The lowest BCUT2D eigenvalue weighted by atomic mass is 10.0. The topological polar surface area (TPSA) is 75.7 Å². The normalized spacial score (nSPS) is 12.6. The summed E-state index contributed by atoms with van der Waals surface area (Å²) >= 11 is 0. The number of methoxy groups -OCH3 is 1. The molecule has 0 saturated carbocycles. The van der Waals surface area contributed by atoms with Gasteiger partial charge in [0.25, 0.3) is 5.91 Å². The molecule has 1 amide bonds. The van der Waals surface area contributed by atoms with E-state index < -0.39 is 9.84 Å². The monoisotopic (exact) mass is 404 g/mol. The van der Waals surface area contributed by atoms with Crippen molar-refractivity contribution in [3.63, 3.8) is 0 Å². The van der Waals surface area contributed by atoms with Gasteiger partial charge < -0.3 is 10.1 Å². The maximum atomic E-state index is 12.6. The Morgan fingerprint density at radius 3 is 2.39 bits per heavy atom.